The van der Waals surface area contributed by atoms with E-state index in [0.29, 0.717) is 12.8 Å². The van der Waals surface area contributed by atoms with Gasteiger partial charge in [-0.2, -0.15) is 12.6 Å². The second-order valence-corrected chi connectivity index (χ2v) is 8.44. The van der Waals surface area contributed by atoms with Gasteiger partial charge in [-0.3, -0.25) is 24.2 Å². The molecule has 0 radical (unpaired) electrons. The Morgan fingerprint density at radius 1 is 0.943 bits per heavy atom. The van der Waals surface area contributed by atoms with E-state index in [9.17, 15) is 29.1 Å². The summed E-state index contributed by atoms with van der Waals surface area (Å²) < 4.78 is 0. The molecule has 15 heteroatoms. The lowest BCUT2D eigenvalue weighted by Crippen LogP contribution is -2.59. The molecule has 0 spiro atoms. The Morgan fingerprint density at radius 2 is 1.54 bits per heavy atom. The number of carbonyl (C=O) groups excluding carboxylic acids is 4. The second kappa shape index (κ2) is 16.5. The molecule has 5 unspecified atom stereocenters. The molecule has 0 saturated heterocycles. The highest BCUT2D eigenvalue weighted by Gasteiger charge is 2.32. The number of rotatable bonds is 17. The molecule has 4 amide bonds. The number of carboxylic acids is 1. The summed E-state index contributed by atoms with van der Waals surface area (Å²) in [6.45, 7) is 3.76. The number of amides is 4. The van der Waals surface area contributed by atoms with Crippen molar-refractivity contribution < 1.29 is 29.1 Å². The van der Waals surface area contributed by atoms with E-state index < -0.39 is 53.8 Å². The summed E-state index contributed by atoms with van der Waals surface area (Å²) >= 11 is 3.91. The molecule has 0 heterocycles. The number of carbonyl (C=O) groups is 5. The third-order valence-electron chi connectivity index (χ3n) is 5.21. The first-order chi connectivity index (χ1) is 16.3. The van der Waals surface area contributed by atoms with Gasteiger partial charge in [0, 0.05) is 18.7 Å². The Balaban J connectivity index is 5.43. The monoisotopic (exact) mass is 518 g/mol. The maximum absolute atomic E-state index is 13.0. The van der Waals surface area contributed by atoms with Crippen LogP contribution in [-0.4, -0.2) is 77.1 Å². The fraction of sp³-hybridized carbons (Fsp3) is 0.700. The fourth-order valence-electron chi connectivity index (χ4n) is 2.89. The van der Waals surface area contributed by atoms with Gasteiger partial charge in [0.2, 0.25) is 23.6 Å². The zero-order valence-corrected chi connectivity index (χ0v) is 20.9. The average molecular weight is 519 g/mol. The number of nitrogens with zero attached hydrogens (tertiary/aromatic N) is 1. The van der Waals surface area contributed by atoms with E-state index in [0.717, 1.165) is 0 Å². The van der Waals surface area contributed by atoms with E-state index >= 15 is 0 Å². The number of hydrogen-bond acceptors (Lipinski definition) is 8. The van der Waals surface area contributed by atoms with Crippen molar-refractivity contribution in [2.45, 2.75) is 70.1 Å². The fourth-order valence-corrected chi connectivity index (χ4v) is 3.13. The van der Waals surface area contributed by atoms with Crippen LogP contribution >= 0.6 is 12.6 Å². The predicted molar refractivity (Wildman–Crippen MR) is 133 cm³/mol. The van der Waals surface area contributed by atoms with Crippen LogP contribution in [0.1, 0.15) is 46.0 Å². The number of guanidine groups is 1. The molecular formula is C20H38N8O6S. The summed E-state index contributed by atoms with van der Waals surface area (Å²) in [4.78, 5) is 64.6. The molecule has 5 atom stereocenters. The van der Waals surface area contributed by atoms with Crippen molar-refractivity contribution in [3.63, 3.8) is 0 Å². The number of thiol groups is 1. The molecule has 0 aliphatic rings. The quantitative estimate of drug-likeness (QED) is 0.0414. The van der Waals surface area contributed by atoms with Crippen LogP contribution in [0.2, 0.25) is 0 Å². The summed E-state index contributed by atoms with van der Waals surface area (Å²) in [5, 5.41) is 16.5. The molecule has 0 rings (SSSR count). The predicted octanol–water partition coefficient (Wildman–Crippen LogP) is -2.85. The van der Waals surface area contributed by atoms with E-state index in [1.807, 2.05) is 0 Å². The van der Waals surface area contributed by atoms with Crippen LogP contribution in [0.5, 0.6) is 0 Å². The Bertz CT molecular complexity index is 777. The minimum atomic E-state index is -1.27. The van der Waals surface area contributed by atoms with Gasteiger partial charge >= 0.3 is 5.97 Å². The SMILES string of the molecule is CCC(C)C(NC(=O)C(CCC(N)=O)NC(=O)C(N)CCCN=C(N)N)C(=O)NC(CS)C(=O)O. The first-order valence-corrected chi connectivity index (χ1v) is 11.8. The van der Waals surface area contributed by atoms with Crippen LogP contribution in [0.4, 0.5) is 0 Å². The van der Waals surface area contributed by atoms with Gasteiger partial charge in [0.25, 0.3) is 0 Å². The van der Waals surface area contributed by atoms with Crippen LogP contribution in [0, 0.1) is 5.92 Å². The zero-order chi connectivity index (χ0) is 27.1. The molecular weight excluding hydrogens is 480 g/mol. The van der Waals surface area contributed by atoms with Gasteiger partial charge in [-0.25, -0.2) is 4.79 Å². The standard InChI is InChI=1S/C20H38N8O6S/c1-3-10(2)15(18(32)27-13(9-35)19(33)34)28-17(31)12(6-7-14(22)29)26-16(30)11(21)5-4-8-25-20(23)24/h10-13,15,35H,3-9,21H2,1-2H3,(H2,22,29)(H,26,30)(H,27,32)(H,28,31)(H,33,34)(H4,23,24,25). The van der Waals surface area contributed by atoms with Crippen molar-refractivity contribution in [1.29, 1.82) is 0 Å². The Kier molecular flexibility index (Phi) is 15.1. The molecule has 14 nitrogen and oxygen atoms in total. The van der Waals surface area contributed by atoms with Gasteiger partial charge in [0.1, 0.15) is 18.1 Å². The van der Waals surface area contributed by atoms with E-state index in [1.165, 1.54) is 0 Å². The Morgan fingerprint density at radius 3 is 2.03 bits per heavy atom. The molecule has 12 N–H and O–H groups in total. The summed E-state index contributed by atoms with van der Waals surface area (Å²) in [7, 11) is 0. The first kappa shape index (κ1) is 31.9. The second-order valence-electron chi connectivity index (χ2n) is 8.08. The highest BCUT2D eigenvalue weighted by atomic mass is 32.1. The molecule has 0 aromatic carbocycles. The Hall–Kier alpha value is -3.07. The number of carboxylic acid groups (broad SMARTS) is 1. The van der Waals surface area contributed by atoms with Crippen LogP contribution in [0.15, 0.2) is 4.99 Å². The average Bonchev–Trinajstić information content (AvgIpc) is 2.79. The molecule has 35 heavy (non-hydrogen) atoms. The number of primary amides is 1. The molecule has 0 aliphatic heterocycles. The summed E-state index contributed by atoms with van der Waals surface area (Å²) in [5.74, 6) is -4.69. The van der Waals surface area contributed by atoms with E-state index in [-0.39, 0.29) is 43.4 Å². The van der Waals surface area contributed by atoms with Crippen LogP contribution in [0.25, 0.3) is 0 Å². The molecule has 0 aliphatic carbocycles. The van der Waals surface area contributed by atoms with Crippen LogP contribution < -0.4 is 38.9 Å². The summed E-state index contributed by atoms with van der Waals surface area (Å²) in [5.41, 5.74) is 21.6. The van der Waals surface area contributed by atoms with E-state index in [1.54, 1.807) is 13.8 Å². The van der Waals surface area contributed by atoms with Crippen LogP contribution in [0.3, 0.4) is 0 Å². The maximum atomic E-state index is 13.0. The smallest absolute Gasteiger partial charge is 0.327 e. The lowest BCUT2D eigenvalue weighted by molar-refractivity contribution is -0.142. The number of aliphatic imine (C=N–C) groups is 1. The van der Waals surface area contributed by atoms with Crippen molar-refractivity contribution in [3.8, 4) is 0 Å². The largest absolute Gasteiger partial charge is 0.480 e. The molecule has 0 fully saturated rings. The molecule has 0 saturated carbocycles. The minimum Gasteiger partial charge on any atom is -0.480 e. The topological polar surface area (TPSA) is 258 Å². The molecule has 0 aromatic heterocycles. The van der Waals surface area contributed by atoms with Gasteiger partial charge in [-0.1, -0.05) is 20.3 Å². The van der Waals surface area contributed by atoms with E-state index in [4.69, 9.17) is 22.9 Å². The third kappa shape index (κ3) is 12.8. The maximum Gasteiger partial charge on any atom is 0.327 e. The van der Waals surface area contributed by atoms with E-state index in [2.05, 4.69) is 33.6 Å². The number of nitrogens with two attached hydrogens (primary N) is 4. The summed E-state index contributed by atoms with van der Waals surface area (Å²) in [6, 6.07) is -4.54. The number of aliphatic carboxylic acids is 1. The van der Waals surface area contributed by atoms with Crippen LogP contribution in [-0.2, 0) is 24.0 Å². The van der Waals surface area contributed by atoms with Crippen molar-refractivity contribution in [2.75, 3.05) is 12.3 Å². The van der Waals surface area contributed by atoms with Crippen molar-refractivity contribution in [3.05, 3.63) is 0 Å². The molecule has 200 valence electrons. The van der Waals surface area contributed by atoms with Gasteiger partial charge in [-0.15, -0.1) is 0 Å². The lowest BCUT2D eigenvalue weighted by Gasteiger charge is -2.28. The van der Waals surface area contributed by atoms with Crippen molar-refractivity contribution >= 4 is 48.2 Å². The Labute approximate surface area is 209 Å². The third-order valence-corrected chi connectivity index (χ3v) is 5.57. The number of hydrogen-bond donors (Lipinski definition) is 9. The van der Waals surface area contributed by atoms with Gasteiger partial charge in [0.15, 0.2) is 5.96 Å². The normalized spacial score (nSPS) is 15.0. The summed E-state index contributed by atoms with van der Waals surface area (Å²) in [6.07, 6.45) is 0.785. The van der Waals surface area contributed by atoms with Gasteiger partial charge in [-0.05, 0) is 25.2 Å². The van der Waals surface area contributed by atoms with Gasteiger partial charge < -0.3 is 44.0 Å². The minimum absolute atomic E-state index is 0.0878. The highest BCUT2D eigenvalue weighted by Crippen LogP contribution is 2.10. The zero-order valence-electron chi connectivity index (χ0n) is 20.0. The van der Waals surface area contributed by atoms with Gasteiger partial charge in [0.05, 0.1) is 6.04 Å². The molecule has 0 bridgehead atoms. The lowest BCUT2D eigenvalue weighted by atomic mass is 9.97. The van der Waals surface area contributed by atoms with Crippen molar-refractivity contribution in [1.82, 2.24) is 16.0 Å². The highest BCUT2D eigenvalue weighted by molar-refractivity contribution is 7.80. The number of nitrogens with one attached hydrogen (secondary N) is 3. The van der Waals surface area contributed by atoms with Crippen molar-refractivity contribution in [2.24, 2.45) is 33.8 Å². The molecule has 0 aromatic rings. The first-order valence-electron chi connectivity index (χ1n) is 11.2.